The SMILES string of the molecule is CC(C)CC(NC(=O)[C@@H](CC(=O)[C@@H](CC(=O)[C@@H](N)CCc1ccccc1)CC(C)C)Cc1ccccc1)C(=O)[C@@]1(C)CO1. The lowest BCUT2D eigenvalue weighted by Crippen LogP contribution is -2.49. The minimum Gasteiger partial charge on any atom is -0.361 e. The number of aryl methyl sites for hydroxylation is 1. The molecule has 0 aliphatic carbocycles. The van der Waals surface area contributed by atoms with Crippen LogP contribution in [0.4, 0.5) is 0 Å². The summed E-state index contributed by atoms with van der Waals surface area (Å²) >= 11 is 0. The number of epoxide rings is 1. The van der Waals surface area contributed by atoms with Gasteiger partial charge in [-0.2, -0.15) is 0 Å². The quantitative estimate of drug-likeness (QED) is 0.215. The number of ketones is 3. The summed E-state index contributed by atoms with van der Waals surface area (Å²) < 4.78 is 5.39. The first-order valence-corrected chi connectivity index (χ1v) is 15.8. The van der Waals surface area contributed by atoms with Gasteiger partial charge in [-0.1, -0.05) is 88.4 Å². The molecule has 1 saturated heterocycles. The standard InChI is InChI=1S/C36H50N2O5/c1-24(2)18-28(21-33(40)30(37)17-16-26-12-8-6-9-13-26)32(39)22-29(20-27-14-10-7-11-15-27)35(42)38-31(19-25(3)4)34(41)36(5)23-43-36/h6-15,24-25,28-31H,16-23,37H2,1-5H3,(H,38,42)/t28-,29-,30+,31?,36-/m1/s1. The summed E-state index contributed by atoms with van der Waals surface area (Å²) in [4.78, 5) is 54.0. The molecule has 234 valence electrons. The van der Waals surface area contributed by atoms with Gasteiger partial charge in [0.15, 0.2) is 5.78 Å². The fourth-order valence-electron chi connectivity index (χ4n) is 5.60. The van der Waals surface area contributed by atoms with Crippen molar-refractivity contribution in [2.45, 2.75) is 97.2 Å². The average molecular weight is 591 g/mol. The van der Waals surface area contributed by atoms with E-state index in [0.29, 0.717) is 38.7 Å². The van der Waals surface area contributed by atoms with E-state index in [9.17, 15) is 19.2 Å². The van der Waals surface area contributed by atoms with Gasteiger partial charge in [0.05, 0.1) is 18.7 Å². The van der Waals surface area contributed by atoms with Crippen LogP contribution in [0.15, 0.2) is 60.7 Å². The molecule has 0 radical (unpaired) electrons. The summed E-state index contributed by atoms with van der Waals surface area (Å²) in [5.41, 5.74) is 7.48. The lowest BCUT2D eigenvalue weighted by Gasteiger charge is -2.26. The maximum absolute atomic E-state index is 13.8. The lowest BCUT2D eigenvalue weighted by atomic mass is 9.82. The molecule has 0 bridgehead atoms. The third-order valence-electron chi connectivity index (χ3n) is 8.24. The first-order valence-electron chi connectivity index (χ1n) is 15.8. The third-order valence-corrected chi connectivity index (χ3v) is 8.24. The summed E-state index contributed by atoms with van der Waals surface area (Å²) in [5, 5.41) is 2.98. The van der Waals surface area contributed by atoms with Crippen molar-refractivity contribution in [2.75, 3.05) is 6.61 Å². The van der Waals surface area contributed by atoms with Crippen LogP contribution in [0.25, 0.3) is 0 Å². The molecule has 2 aromatic carbocycles. The number of rotatable bonds is 19. The zero-order valence-electron chi connectivity index (χ0n) is 26.5. The number of hydrogen-bond donors (Lipinski definition) is 2. The van der Waals surface area contributed by atoms with Crippen LogP contribution in [0, 0.1) is 23.7 Å². The minimum atomic E-state index is -0.862. The number of ether oxygens (including phenoxy) is 1. The van der Waals surface area contributed by atoms with Crippen molar-refractivity contribution in [3.05, 3.63) is 71.8 Å². The molecule has 43 heavy (non-hydrogen) atoms. The van der Waals surface area contributed by atoms with Crippen LogP contribution in [0.2, 0.25) is 0 Å². The predicted octanol–water partition coefficient (Wildman–Crippen LogP) is 5.28. The normalized spacial score (nSPS) is 19.0. The number of benzene rings is 2. The van der Waals surface area contributed by atoms with E-state index < -0.39 is 29.5 Å². The second kappa shape index (κ2) is 16.1. The van der Waals surface area contributed by atoms with E-state index in [4.69, 9.17) is 10.5 Å². The molecular weight excluding hydrogens is 540 g/mol. The van der Waals surface area contributed by atoms with E-state index in [1.54, 1.807) is 6.92 Å². The fourth-order valence-corrected chi connectivity index (χ4v) is 5.60. The van der Waals surface area contributed by atoms with E-state index in [2.05, 4.69) is 5.32 Å². The highest BCUT2D eigenvalue weighted by Crippen LogP contribution is 2.30. The third kappa shape index (κ3) is 11.1. The molecule has 0 aromatic heterocycles. The van der Waals surface area contributed by atoms with E-state index in [1.807, 2.05) is 88.4 Å². The van der Waals surface area contributed by atoms with Crippen molar-refractivity contribution >= 4 is 23.3 Å². The molecule has 5 atom stereocenters. The number of amides is 1. The Kier molecular flexibility index (Phi) is 12.8. The Labute approximate surface area is 257 Å². The maximum Gasteiger partial charge on any atom is 0.224 e. The van der Waals surface area contributed by atoms with E-state index in [-0.39, 0.29) is 47.9 Å². The van der Waals surface area contributed by atoms with Gasteiger partial charge in [0.1, 0.15) is 17.2 Å². The van der Waals surface area contributed by atoms with Gasteiger partial charge in [-0.15, -0.1) is 0 Å². The topological polar surface area (TPSA) is 119 Å². The Morgan fingerprint density at radius 2 is 1.35 bits per heavy atom. The molecule has 7 nitrogen and oxygen atoms in total. The van der Waals surface area contributed by atoms with Gasteiger partial charge in [-0.25, -0.2) is 0 Å². The molecule has 1 aliphatic rings. The summed E-state index contributed by atoms with van der Waals surface area (Å²) in [6, 6.07) is 18.1. The molecule has 0 saturated carbocycles. The Balaban J connectivity index is 1.74. The number of hydrogen-bond acceptors (Lipinski definition) is 6. The number of carbonyl (C=O) groups is 4. The van der Waals surface area contributed by atoms with E-state index >= 15 is 0 Å². The molecule has 2 aromatic rings. The number of carbonyl (C=O) groups excluding carboxylic acids is 4. The van der Waals surface area contributed by atoms with Gasteiger partial charge in [-0.05, 0) is 62.0 Å². The van der Waals surface area contributed by atoms with Crippen molar-refractivity contribution in [1.29, 1.82) is 0 Å². The summed E-state index contributed by atoms with van der Waals surface area (Å²) in [6.45, 7) is 10.2. The van der Waals surface area contributed by atoms with Crippen molar-refractivity contribution in [3.8, 4) is 0 Å². The Morgan fingerprint density at radius 3 is 1.88 bits per heavy atom. The highest BCUT2D eigenvalue weighted by Gasteiger charge is 2.50. The monoisotopic (exact) mass is 590 g/mol. The molecule has 1 aliphatic heterocycles. The summed E-state index contributed by atoms with van der Waals surface area (Å²) in [6.07, 6.45) is 2.64. The van der Waals surface area contributed by atoms with Gasteiger partial charge in [0.2, 0.25) is 5.91 Å². The second-order valence-electron chi connectivity index (χ2n) is 13.3. The largest absolute Gasteiger partial charge is 0.361 e. The maximum atomic E-state index is 13.8. The summed E-state index contributed by atoms with van der Waals surface area (Å²) in [7, 11) is 0. The molecule has 1 heterocycles. The smallest absolute Gasteiger partial charge is 0.224 e. The summed E-state index contributed by atoms with van der Waals surface area (Å²) in [5.74, 6) is -1.52. The fraction of sp³-hybridized carbons (Fsp3) is 0.556. The number of Topliss-reactive ketones (excluding diaryl/α,β-unsaturated/α-hetero) is 3. The van der Waals surface area contributed by atoms with E-state index in [0.717, 1.165) is 11.1 Å². The highest BCUT2D eigenvalue weighted by molar-refractivity contribution is 5.98. The number of nitrogens with one attached hydrogen (secondary N) is 1. The lowest BCUT2D eigenvalue weighted by molar-refractivity contribution is -0.135. The van der Waals surface area contributed by atoms with Crippen LogP contribution in [0.5, 0.6) is 0 Å². The zero-order chi connectivity index (χ0) is 31.6. The van der Waals surface area contributed by atoms with E-state index in [1.165, 1.54) is 0 Å². The molecular formula is C36H50N2O5. The van der Waals surface area contributed by atoms with Gasteiger partial charge in [-0.3, -0.25) is 19.2 Å². The minimum absolute atomic E-state index is 0.0129. The molecule has 7 heteroatoms. The van der Waals surface area contributed by atoms with Crippen molar-refractivity contribution in [1.82, 2.24) is 5.32 Å². The highest BCUT2D eigenvalue weighted by atomic mass is 16.6. The molecule has 3 rings (SSSR count). The van der Waals surface area contributed by atoms with Crippen LogP contribution >= 0.6 is 0 Å². The molecule has 1 amide bonds. The van der Waals surface area contributed by atoms with Gasteiger partial charge in [0.25, 0.3) is 0 Å². The van der Waals surface area contributed by atoms with Gasteiger partial charge in [0, 0.05) is 24.7 Å². The van der Waals surface area contributed by atoms with Gasteiger partial charge < -0.3 is 15.8 Å². The van der Waals surface area contributed by atoms with Crippen LogP contribution < -0.4 is 11.1 Å². The first kappa shape index (κ1) is 34.3. The second-order valence-corrected chi connectivity index (χ2v) is 13.3. The molecule has 3 N–H and O–H groups in total. The van der Waals surface area contributed by atoms with Crippen molar-refractivity contribution < 1.29 is 23.9 Å². The first-order chi connectivity index (χ1) is 20.4. The Bertz CT molecular complexity index is 1210. The molecule has 1 fully saturated rings. The molecule has 0 spiro atoms. The zero-order valence-corrected chi connectivity index (χ0v) is 26.5. The Morgan fingerprint density at radius 1 is 0.814 bits per heavy atom. The van der Waals surface area contributed by atoms with Crippen LogP contribution in [-0.4, -0.2) is 47.5 Å². The molecule has 1 unspecified atom stereocenters. The van der Waals surface area contributed by atoms with Crippen LogP contribution in [0.3, 0.4) is 0 Å². The van der Waals surface area contributed by atoms with Crippen LogP contribution in [-0.2, 0) is 36.8 Å². The van der Waals surface area contributed by atoms with Crippen molar-refractivity contribution in [2.24, 2.45) is 29.4 Å². The van der Waals surface area contributed by atoms with Crippen LogP contribution in [0.1, 0.15) is 77.8 Å². The van der Waals surface area contributed by atoms with Gasteiger partial charge >= 0.3 is 0 Å². The van der Waals surface area contributed by atoms with Crippen molar-refractivity contribution in [3.63, 3.8) is 0 Å². The Hall–Kier alpha value is -3.16. The predicted molar refractivity (Wildman–Crippen MR) is 169 cm³/mol. The average Bonchev–Trinajstić information content (AvgIpc) is 3.73. The number of nitrogens with two attached hydrogens (primary N) is 1.